The summed E-state index contributed by atoms with van der Waals surface area (Å²) in [6.45, 7) is 8.89. The van der Waals surface area contributed by atoms with E-state index in [1.165, 1.54) is 5.56 Å². The first-order valence-electron chi connectivity index (χ1n) is 7.65. The lowest BCUT2D eigenvalue weighted by atomic mass is 10.0. The Morgan fingerprint density at radius 3 is 2.67 bits per heavy atom. The van der Waals surface area contributed by atoms with Crippen LogP contribution in [0, 0.1) is 6.92 Å². The molecule has 2 unspecified atom stereocenters. The number of rotatable bonds is 8. The van der Waals surface area contributed by atoms with Crippen molar-refractivity contribution >= 4 is 5.91 Å². The third kappa shape index (κ3) is 5.76. The van der Waals surface area contributed by atoms with Gasteiger partial charge in [0.05, 0.1) is 7.11 Å². The molecule has 1 amide bonds. The summed E-state index contributed by atoms with van der Waals surface area (Å²) < 4.78 is 5.40. The molecule has 4 heteroatoms. The molecule has 0 bridgehead atoms. The molecule has 4 nitrogen and oxygen atoms in total. The van der Waals surface area contributed by atoms with Crippen LogP contribution in [0.25, 0.3) is 0 Å². The fourth-order valence-electron chi connectivity index (χ4n) is 2.15. The average molecular weight is 292 g/mol. The van der Waals surface area contributed by atoms with E-state index < -0.39 is 0 Å². The monoisotopic (exact) mass is 292 g/mol. The van der Waals surface area contributed by atoms with Gasteiger partial charge >= 0.3 is 0 Å². The molecule has 0 saturated heterocycles. The fraction of sp³-hybridized carbons (Fsp3) is 0.588. The molecular weight excluding hydrogens is 264 g/mol. The van der Waals surface area contributed by atoms with Gasteiger partial charge in [0.25, 0.3) is 0 Å². The van der Waals surface area contributed by atoms with Gasteiger partial charge in [-0.05, 0) is 33.3 Å². The first-order valence-corrected chi connectivity index (χ1v) is 7.65. The quantitative estimate of drug-likeness (QED) is 0.774. The molecule has 2 N–H and O–H groups in total. The number of benzene rings is 1. The second kappa shape index (κ2) is 8.67. The third-order valence-electron chi connectivity index (χ3n) is 3.67. The van der Waals surface area contributed by atoms with Gasteiger partial charge < -0.3 is 15.4 Å². The van der Waals surface area contributed by atoms with E-state index in [1.54, 1.807) is 7.11 Å². The van der Waals surface area contributed by atoms with Crippen LogP contribution in [0.1, 0.15) is 50.8 Å². The van der Waals surface area contributed by atoms with Crippen LogP contribution < -0.4 is 15.4 Å². The van der Waals surface area contributed by atoms with E-state index in [0.29, 0.717) is 13.0 Å². The molecule has 1 aromatic carbocycles. The summed E-state index contributed by atoms with van der Waals surface area (Å²) in [5.41, 5.74) is 2.33. The zero-order chi connectivity index (χ0) is 15.8. The molecule has 0 saturated carbocycles. The first kappa shape index (κ1) is 17.5. The number of methoxy groups -OCH3 is 1. The van der Waals surface area contributed by atoms with Crippen LogP contribution >= 0.6 is 0 Å². The molecule has 0 spiro atoms. The Labute approximate surface area is 128 Å². The Morgan fingerprint density at radius 2 is 2.05 bits per heavy atom. The largest absolute Gasteiger partial charge is 0.496 e. The van der Waals surface area contributed by atoms with Gasteiger partial charge in [-0.3, -0.25) is 4.79 Å². The van der Waals surface area contributed by atoms with E-state index >= 15 is 0 Å². The predicted octanol–water partition coefficient (Wildman–Crippen LogP) is 2.96. The maximum Gasteiger partial charge on any atom is 0.221 e. The van der Waals surface area contributed by atoms with Crippen molar-refractivity contribution in [1.29, 1.82) is 0 Å². The Morgan fingerprint density at radius 1 is 1.33 bits per heavy atom. The summed E-state index contributed by atoms with van der Waals surface area (Å²) in [4.78, 5) is 11.7. The zero-order valence-electron chi connectivity index (χ0n) is 13.8. The van der Waals surface area contributed by atoms with Crippen molar-refractivity contribution in [2.75, 3.05) is 13.7 Å². The lowest BCUT2D eigenvalue weighted by molar-refractivity contribution is -0.121. The maximum absolute atomic E-state index is 11.7. The SMILES string of the molecule is CCC(C)NC(=O)CCNC(C)c1cc(C)ccc1OC. The molecule has 0 radical (unpaired) electrons. The van der Waals surface area contributed by atoms with Gasteiger partial charge in [-0.15, -0.1) is 0 Å². The minimum Gasteiger partial charge on any atom is -0.496 e. The summed E-state index contributed by atoms with van der Waals surface area (Å²) in [6, 6.07) is 6.53. The smallest absolute Gasteiger partial charge is 0.221 e. The average Bonchev–Trinajstić information content (AvgIpc) is 2.46. The van der Waals surface area contributed by atoms with E-state index in [1.807, 2.05) is 19.1 Å². The molecular formula is C17H28N2O2. The van der Waals surface area contributed by atoms with Crippen molar-refractivity contribution in [3.63, 3.8) is 0 Å². The topological polar surface area (TPSA) is 50.4 Å². The summed E-state index contributed by atoms with van der Waals surface area (Å²) >= 11 is 0. The highest BCUT2D eigenvalue weighted by atomic mass is 16.5. The number of hydrogen-bond acceptors (Lipinski definition) is 3. The van der Waals surface area contributed by atoms with Gasteiger partial charge in [-0.2, -0.15) is 0 Å². The molecule has 1 rings (SSSR count). The minimum absolute atomic E-state index is 0.0975. The lowest BCUT2D eigenvalue weighted by Gasteiger charge is -2.18. The Hall–Kier alpha value is -1.55. The van der Waals surface area contributed by atoms with Crippen molar-refractivity contribution in [3.8, 4) is 5.75 Å². The van der Waals surface area contributed by atoms with E-state index in [9.17, 15) is 4.79 Å². The highest BCUT2D eigenvalue weighted by Gasteiger charge is 2.12. The zero-order valence-corrected chi connectivity index (χ0v) is 13.8. The molecule has 0 aliphatic heterocycles. The third-order valence-corrected chi connectivity index (χ3v) is 3.67. The summed E-state index contributed by atoms with van der Waals surface area (Å²) in [5, 5.41) is 6.35. The van der Waals surface area contributed by atoms with Gasteiger partial charge in [0.2, 0.25) is 5.91 Å². The molecule has 0 aromatic heterocycles. The number of carbonyl (C=O) groups is 1. The van der Waals surface area contributed by atoms with E-state index in [0.717, 1.165) is 17.7 Å². The summed E-state index contributed by atoms with van der Waals surface area (Å²) in [5.74, 6) is 0.977. The van der Waals surface area contributed by atoms with E-state index in [4.69, 9.17) is 4.74 Å². The van der Waals surface area contributed by atoms with Crippen LogP contribution in [0.4, 0.5) is 0 Å². The number of aryl methyl sites for hydroxylation is 1. The number of ether oxygens (including phenoxy) is 1. The second-order valence-corrected chi connectivity index (χ2v) is 5.55. The van der Waals surface area contributed by atoms with Gasteiger partial charge in [0.1, 0.15) is 5.75 Å². The Bertz CT molecular complexity index is 460. The van der Waals surface area contributed by atoms with Crippen LogP contribution in [-0.4, -0.2) is 25.6 Å². The highest BCUT2D eigenvalue weighted by molar-refractivity contribution is 5.76. The lowest BCUT2D eigenvalue weighted by Crippen LogP contribution is -2.34. The standard InChI is InChI=1S/C17H28N2O2/c1-6-13(3)19-17(20)9-10-18-14(4)15-11-12(2)7-8-16(15)21-5/h7-8,11,13-14,18H,6,9-10H2,1-5H3,(H,19,20). The molecule has 21 heavy (non-hydrogen) atoms. The molecule has 1 aromatic rings. The van der Waals surface area contributed by atoms with Crippen molar-refractivity contribution in [2.24, 2.45) is 0 Å². The molecule has 0 aliphatic rings. The van der Waals surface area contributed by atoms with Gasteiger partial charge in [0, 0.05) is 30.6 Å². The summed E-state index contributed by atoms with van der Waals surface area (Å²) in [7, 11) is 1.68. The second-order valence-electron chi connectivity index (χ2n) is 5.55. The van der Waals surface area contributed by atoms with Gasteiger partial charge in [-0.1, -0.05) is 24.6 Å². The molecule has 2 atom stereocenters. The molecule has 0 heterocycles. The number of amides is 1. The van der Waals surface area contributed by atoms with Crippen molar-refractivity contribution in [1.82, 2.24) is 10.6 Å². The van der Waals surface area contributed by atoms with Crippen LogP contribution in [0.2, 0.25) is 0 Å². The maximum atomic E-state index is 11.7. The number of hydrogen-bond donors (Lipinski definition) is 2. The van der Waals surface area contributed by atoms with Crippen molar-refractivity contribution in [3.05, 3.63) is 29.3 Å². The van der Waals surface area contributed by atoms with E-state index in [2.05, 4.69) is 37.5 Å². The van der Waals surface area contributed by atoms with Crippen LogP contribution in [0.15, 0.2) is 18.2 Å². The van der Waals surface area contributed by atoms with Gasteiger partial charge in [-0.25, -0.2) is 0 Å². The van der Waals surface area contributed by atoms with Crippen molar-refractivity contribution in [2.45, 2.75) is 52.6 Å². The summed E-state index contributed by atoms with van der Waals surface area (Å²) in [6.07, 6.45) is 1.44. The number of nitrogens with one attached hydrogen (secondary N) is 2. The van der Waals surface area contributed by atoms with Crippen LogP contribution in [0.3, 0.4) is 0 Å². The highest BCUT2D eigenvalue weighted by Crippen LogP contribution is 2.25. The first-order chi connectivity index (χ1) is 9.97. The Kier molecular flexibility index (Phi) is 7.23. The molecule has 118 valence electrons. The number of carbonyl (C=O) groups excluding carboxylic acids is 1. The van der Waals surface area contributed by atoms with E-state index in [-0.39, 0.29) is 18.0 Å². The molecule has 0 aliphatic carbocycles. The normalized spacial score (nSPS) is 13.6. The fourth-order valence-corrected chi connectivity index (χ4v) is 2.15. The van der Waals surface area contributed by atoms with Gasteiger partial charge in [0.15, 0.2) is 0 Å². The molecule has 0 fully saturated rings. The van der Waals surface area contributed by atoms with Crippen LogP contribution in [0.5, 0.6) is 5.75 Å². The van der Waals surface area contributed by atoms with Crippen molar-refractivity contribution < 1.29 is 9.53 Å². The predicted molar refractivity (Wildman–Crippen MR) is 86.7 cm³/mol. The Balaban J connectivity index is 2.49. The minimum atomic E-state index is 0.0975. The van der Waals surface area contributed by atoms with Crippen LogP contribution in [-0.2, 0) is 4.79 Å².